The van der Waals surface area contributed by atoms with E-state index in [1.807, 2.05) is 30.3 Å². The molecule has 3 rings (SSSR count). The Balaban J connectivity index is 1.52. The molecule has 0 aliphatic carbocycles. The second-order valence-electron chi connectivity index (χ2n) is 5.71. The number of fused-ring (bicyclic) bond motifs is 1. The molecular formula is C19H16FN3O4. The Morgan fingerprint density at radius 1 is 1.22 bits per heavy atom. The zero-order valence-electron chi connectivity index (χ0n) is 14.2. The fraction of sp³-hybridized carbons (Fsp3) is 0.158. The van der Waals surface area contributed by atoms with Crippen LogP contribution < -0.4 is 10.1 Å². The third-order valence-electron chi connectivity index (χ3n) is 3.87. The summed E-state index contributed by atoms with van der Waals surface area (Å²) >= 11 is 0. The van der Waals surface area contributed by atoms with Gasteiger partial charge in [0.05, 0.1) is 17.1 Å². The molecule has 0 aliphatic rings. The van der Waals surface area contributed by atoms with Gasteiger partial charge in [0.25, 0.3) is 11.6 Å². The molecule has 1 amide bonds. The van der Waals surface area contributed by atoms with Crippen molar-refractivity contribution < 1.29 is 18.8 Å². The number of carbonyl (C=O) groups is 1. The van der Waals surface area contributed by atoms with E-state index in [0.29, 0.717) is 18.8 Å². The number of nitro groups is 1. The number of non-ortho nitro benzene ring substituents is 1. The maximum absolute atomic E-state index is 13.7. The number of carbonyl (C=O) groups excluding carboxylic acids is 1. The molecule has 138 valence electrons. The molecule has 1 aromatic heterocycles. The van der Waals surface area contributed by atoms with Crippen molar-refractivity contribution in [1.82, 2.24) is 10.3 Å². The van der Waals surface area contributed by atoms with Gasteiger partial charge in [-0.3, -0.25) is 19.9 Å². The van der Waals surface area contributed by atoms with Gasteiger partial charge in [0.1, 0.15) is 17.1 Å². The molecule has 1 N–H and O–H groups in total. The fourth-order valence-corrected chi connectivity index (χ4v) is 2.54. The van der Waals surface area contributed by atoms with E-state index in [-0.39, 0.29) is 17.8 Å². The molecule has 0 aliphatic heterocycles. The first-order valence-corrected chi connectivity index (χ1v) is 8.25. The van der Waals surface area contributed by atoms with Gasteiger partial charge in [0.2, 0.25) is 0 Å². The minimum Gasteiger partial charge on any atom is -0.491 e. The average Bonchev–Trinajstić information content (AvgIpc) is 2.67. The van der Waals surface area contributed by atoms with E-state index in [9.17, 15) is 19.3 Å². The van der Waals surface area contributed by atoms with Gasteiger partial charge < -0.3 is 10.1 Å². The molecule has 7 nitrogen and oxygen atoms in total. The van der Waals surface area contributed by atoms with Gasteiger partial charge >= 0.3 is 0 Å². The average molecular weight is 369 g/mol. The summed E-state index contributed by atoms with van der Waals surface area (Å²) in [6.07, 6.45) is 2.16. The highest BCUT2D eigenvalue weighted by molar-refractivity contribution is 5.95. The van der Waals surface area contributed by atoms with E-state index in [1.165, 1.54) is 0 Å². The Hall–Kier alpha value is -3.55. The SMILES string of the molecule is O=C(NCCCOc1cccc2cccnc12)c1cc([N+](=O)[O-])ccc1F. The van der Waals surface area contributed by atoms with Gasteiger partial charge in [-0.1, -0.05) is 18.2 Å². The van der Waals surface area contributed by atoms with E-state index in [0.717, 1.165) is 29.1 Å². The van der Waals surface area contributed by atoms with Crippen LogP contribution in [-0.2, 0) is 0 Å². The lowest BCUT2D eigenvalue weighted by molar-refractivity contribution is -0.384. The number of benzene rings is 2. The Morgan fingerprint density at radius 3 is 2.85 bits per heavy atom. The second kappa shape index (κ2) is 8.22. The quantitative estimate of drug-likeness (QED) is 0.391. The summed E-state index contributed by atoms with van der Waals surface area (Å²) in [6.45, 7) is 0.562. The van der Waals surface area contributed by atoms with Crippen molar-refractivity contribution in [1.29, 1.82) is 0 Å². The Morgan fingerprint density at radius 2 is 2.04 bits per heavy atom. The number of amides is 1. The lowest BCUT2D eigenvalue weighted by Gasteiger charge is -2.09. The second-order valence-corrected chi connectivity index (χ2v) is 5.71. The van der Waals surface area contributed by atoms with Gasteiger partial charge in [-0.25, -0.2) is 4.39 Å². The van der Waals surface area contributed by atoms with Gasteiger partial charge in [-0.2, -0.15) is 0 Å². The lowest BCUT2D eigenvalue weighted by Crippen LogP contribution is -2.26. The molecule has 27 heavy (non-hydrogen) atoms. The molecule has 0 atom stereocenters. The molecule has 8 heteroatoms. The highest BCUT2D eigenvalue weighted by Gasteiger charge is 2.16. The first-order valence-electron chi connectivity index (χ1n) is 8.25. The van der Waals surface area contributed by atoms with Crippen LogP contribution in [0.15, 0.2) is 54.7 Å². The van der Waals surface area contributed by atoms with Crippen LogP contribution in [0.4, 0.5) is 10.1 Å². The Bertz CT molecular complexity index is 988. The summed E-state index contributed by atoms with van der Waals surface area (Å²) in [5.74, 6) is -0.872. The zero-order valence-corrected chi connectivity index (χ0v) is 14.2. The third-order valence-corrected chi connectivity index (χ3v) is 3.87. The Labute approximate surface area is 153 Å². The van der Waals surface area contributed by atoms with Crippen LogP contribution in [0.5, 0.6) is 5.75 Å². The van der Waals surface area contributed by atoms with E-state index in [2.05, 4.69) is 10.3 Å². The minimum absolute atomic E-state index is 0.235. The fourth-order valence-electron chi connectivity index (χ4n) is 2.54. The smallest absolute Gasteiger partial charge is 0.270 e. The van der Waals surface area contributed by atoms with Crippen LogP contribution in [0.3, 0.4) is 0 Å². The van der Waals surface area contributed by atoms with Crippen LogP contribution in [0, 0.1) is 15.9 Å². The molecule has 0 bridgehead atoms. The molecule has 0 fully saturated rings. The number of rotatable bonds is 7. The number of nitrogens with one attached hydrogen (secondary N) is 1. The summed E-state index contributed by atoms with van der Waals surface area (Å²) in [5.41, 5.74) is 0.0550. The minimum atomic E-state index is -0.809. The zero-order chi connectivity index (χ0) is 19.2. The Kier molecular flexibility index (Phi) is 5.55. The number of hydrogen-bond donors (Lipinski definition) is 1. The highest BCUT2D eigenvalue weighted by atomic mass is 19.1. The molecule has 3 aromatic rings. The van der Waals surface area contributed by atoms with Crippen LogP contribution in [0.1, 0.15) is 16.8 Å². The molecule has 0 unspecified atom stereocenters. The third kappa shape index (κ3) is 4.35. The van der Waals surface area contributed by atoms with E-state index >= 15 is 0 Å². The van der Waals surface area contributed by atoms with Crippen molar-refractivity contribution in [2.75, 3.05) is 13.2 Å². The number of nitrogens with zero attached hydrogens (tertiary/aromatic N) is 2. The van der Waals surface area contributed by atoms with Crippen molar-refractivity contribution in [2.45, 2.75) is 6.42 Å². The molecule has 0 saturated heterocycles. The first kappa shape index (κ1) is 18.2. The molecular weight excluding hydrogens is 353 g/mol. The topological polar surface area (TPSA) is 94.4 Å². The maximum atomic E-state index is 13.7. The van der Waals surface area contributed by atoms with Crippen LogP contribution >= 0.6 is 0 Å². The van der Waals surface area contributed by atoms with Crippen molar-refractivity contribution in [3.63, 3.8) is 0 Å². The summed E-state index contributed by atoms with van der Waals surface area (Å²) < 4.78 is 19.4. The number of halogens is 1. The van der Waals surface area contributed by atoms with Crippen molar-refractivity contribution in [2.24, 2.45) is 0 Å². The molecule has 0 spiro atoms. The summed E-state index contributed by atoms with van der Waals surface area (Å²) in [6, 6.07) is 12.2. The predicted molar refractivity (Wildman–Crippen MR) is 97.2 cm³/mol. The van der Waals surface area contributed by atoms with Gasteiger partial charge in [-0.15, -0.1) is 0 Å². The maximum Gasteiger partial charge on any atom is 0.270 e. The van der Waals surface area contributed by atoms with Crippen molar-refractivity contribution in [3.8, 4) is 5.75 Å². The van der Waals surface area contributed by atoms with E-state index in [1.54, 1.807) is 6.20 Å². The van der Waals surface area contributed by atoms with Gasteiger partial charge in [0, 0.05) is 30.3 Å². The number of hydrogen-bond acceptors (Lipinski definition) is 5. The van der Waals surface area contributed by atoms with E-state index < -0.39 is 16.6 Å². The van der Waals surface area contributed by atoms with Crippen LogP contribution in [0.25, 0.3) is 10.9 Å². The lowest BCUT2D eigenvalue weighted by atomic mass is 10.1. The molecule has 0 saturated carbocycles. The molecule has 1 heterocycles. The number of aromatic nitrogens is 1. The number of pyridine rings is 1. The van der Waals surface area contributed by atoms with Crippen LogP contribution in [0.2, 0.25) is 0 Å². The number of nitro benzene ring substituents is 1. The number of para-hydroxylation sites is 1. The van der Waals surface area contributed by atoms with Gasteiger partial charge in [0.15, 0.2) is 0 Å². The first-order chi connectivity index (χ1) is 13.1. The summed E-state index contributed by atoms with van der Waals surface area (Å²) in [5, 5.41) is 14.2. The van der Waals surface area contributed by atoms with Crippen molar-refractivity contribution in [3.05, 3.63) is 76.2 Å². The van der Waals surface area contributed by atoms with Crippen molar-refractivity contribution >= 4 is 22.5 Å². The van der Waals surface area contributed by atoms with Crippen LogP contribution in [-0.4, -0.2) is 29.0 Å². The monoisotopic (exact) mass is 369 g/mol. The van der Waals surface area contributed by atoms with Gasteiger partial charge in [-0.05, 0) is 24.6 Å². The predicted octanol–water partition coefficient (Wildman–Crippen LogP) is 3.48. The summed E-state index contributed by atoms with van der Waals surface area (Å²) in [7, 11) is 0. The normalized spacial score (nSPS) is 10.6. The summed E-state index contributed by atoms with van der Waals surface area (Å²) in [4.78, 5) is 26.4. The molecule has 0 radical (unpaired) electrons. The largest absolute Gasteiger partial charge is 0.491 e. The van der Waals surface area contributed by atoms with E-state index in [4.69, 9.17) is 4.74 Å². The number of ether oxygens (including phenoxy) is 1. The standard InChI is InChI=1S/C19H16FN3O4/c20-16-8-7-14(23(25)26)12-15(16)19(24)22-10-3-11-27-17-6-1-4-13-5-2-9-21-18(13)17/h1-2,4-9,12H,3,10-11H2,(H,22,24). The highest BCUT2D eigenvalue weighted by Crippen LogP contribution is 2.23. The molecule has 2 aromatic carbocycles.